The lowest BCUT2D eigenvalue weighted by Gasteiger charge is -2.37. The van der Waals surface area contributed by atoms with Gasteiger partial charge in [-0.3, -0.25) is 0 Å². The van der Waals surface area contributed by atoms with Gasteiger partial charge in [-0.1, -0.05) is 66.2 Å². The highest BCUT2D eigenvalue weighted by Crippen LogP contribution is 2.29. The van der Waals surface area contributed by atoms with Gasteiger partial charge in [-0.25, -0.2) is 0 Å². The van der Waals surface area contributed by atoms with Crippen LogP contribution in [0.15, 0.2) is 78.9 Å². The van der Waals surface area contributed by atoms with Gasteiger partial charge in [0.1, 0.15) is 0 Å². The summed E-state index contributed by atoms with van der Waals surface area (Å²) in [6.45, 7) is 3.85. The molecule has 1 aliphatic rings. The molecule has 3 heteroatoms. The Balaban J connectivity index is 1.68. The molecule has 0 radical (unpaired) electrons. The molecular weight excluding hydrogens is 348 g/mol. The van der Waals surface area contributed by atoms with Crippen molar-refractivity contribution >= 4 is 28.7 Å². The number of benzene rings is 3. The minimum atomic E-state index is 0.766. The second kappa shape index (κ2) is 7.93. The van der Waals surface area contributed by atoms with Gasteiger partial charge < -0.3 is 9.80 Å². The largest absolute Gasteiger partial charge is 0.318 e. The van der Waals surface area contributed by atoms with E-state index in [1.165, 1.54) is 22.4 Å². The van der Waals surface area contributed by atoms with Crippen LogP contribution in [-0.4, -0.2) is 11.7 Å². The van der Waals surface area contributed by atoms with E-state index >= 15 is 0 Å². The summed E-state index contributed by atoms with van der Waals surface area (Å²) in [7, 11) is 0. The van der Waals surface area contributed by atoms with Crippen molar-refractivity contribution in [2.75, 3.05) is 16.3 Å². The molecule has 0 saturated heterocycles. The van der Waals surface area contributed by atoms with Crippen LogP contribution < -0.4 is 9.80 Å². The summed E-state index contributed by atoms with van der Waals surface area (Å²) >= 11 is 6.03. The molecule has 0 unspecified atom stereocenters. The quantitative estimate of drug-likeness (QED) is 0.541. The molecule has 3 aromatic carbocycles. The van der Waals surface area contributed by atoms with Crippen LogP contribution in [0.1, 0.15) is 23.1 Å². The van der Waals surface area contributed by atoms with Crippen LogP contribution in [0.3, 0.4) is 0 Å². The van der Waals surface area contributed by atoms with Gasteiger partial charge >= 0.3 is 0 Å². The van der Waals surface area contributed by atoms with Crippen molar-refractivity contribution in [3.63, 3.8) is 0 Å². The molecule has 1 heterocycles. The first-order valence-electron chi connectivity index (χ1n) is 9.50. The Hall–Kier alpha value is -2.65. The molecule has 1 aliphatic heterocycles. The highest BCUT2D eigenvalue weighted by atomic mass is 32.1. The maximum Gasteiger partial charge on any atom is 0.180 e. The molecule has 0 atom stereocenters. The van der Waals surface area contributed by atoms with Gasteiger partial charge in [-0.05, 0) is 61.3 Å². The van der Waals surface area contributed by atoms with Crippen molar-refractivity contribution in [3.05, 3.63) is 95.6 Å². The maximum absolute atomic E-state index is 6.03. The van der Waals surface area contributed by atoms with E-state index in [-0.39, 0.29) is 0 Å². The second-order valence-electron chi connectivity index (χ2n) is 7.07. The fraction of sp³-hybridized carbons (Fsp3) is 0.208. The third-order valence-corrected chi connectivity index (χ3v) is 5.54. The number of rotatable bonds is 3. The Kier molecular flexibility index (Phi) is 5.21. The Bertz CT molecular complexity index is 919. The number of nitrogens with zero attached hydrogens (tertiary/aromatic N) is 2. The highest BCUT2D eigenvalue weighted by molar-refractivity contribution is 7.80. The van der Waals surface area contributed by atoms with Gasteiger partial charge in [0.05, 0.1) is 6.54 Å². The van der Waals surface area contributed by atoms with Crippen LogP contribution >= 0.6 is 12.2 Å². The zero-order chi connectivity index (χ0) is 18.6. The lowest BCUT2D eigenvalue weighted by atomic mass is 10.0. The Labute approximate surface area is 167 Å². The first kappa shape index (κ1) is 17.7. The third kappa shape index (κ3) is 3.88. The minimum absolute atomic E-state index is 0.766. The smallest absolute Gasteiger partial charge is 0.180 e. The van der Waals surface area contributed by atoms with Crippen LogP contribution in [0.5, 0.6) is 0 Å². The van der Waals surface area contributed by atoms with Gasteiger partial charge in [0.25, 0.3) is 0 Å². The molecule has 136 valence electrons. The van der Waals surface area contributed by atoms with Crippen LogP contribution in [0, 0.1) is 6.92 Å². The molecule has 2 nitrogen and oxygen atoms in total. The predicted molar refractivity (Wildman–Crippen MR) is 119 cm³/mol. The minimum Gasteiger partial charge on any atom is -0.318 e. The Morgan fingerprint density at radius 1 is 0.926 bits per heavy atom. The summed E-state index contributed by atoms with van der Waals surface area (Å²) in [6, 6.07) is 27.8. The van der Waals surface area contributed by atoms with Crippen molar-refractivity contribution < 1.29 is 0 Å². The van der Waals surface area contributed by atoms with Crippen LogP contribution in [0.4, 0.5) is 11.4 Å². The second-order valence-corrected chi connectivity index (χ2v) is 7.44. The zero-order valence-electron chi connectivity index (χ0n) is 15.6. The summed E-state index contributed by atoms with van der Waals surface area (Å²) in [5.74, 6) is 0. The third-order valence-electron chi connectivity index (χ3n) is 5.10. The number of thiocarbonyl (C=S) groups is 1. The van der Waals surface area contributed by atoms with Crippen molar-refractivity contribution in [1.82, 2.24) is 0 Å². The molecular formula is C24H24N2S. The van der Waals surface area contributed by atoms with Crippen LogP contribution in [-0.2, 0) is 13.0 Å². The molecule has 27 heavy (non-hydrogen) atoms. The number of hydrogen-bond acceptors (Lipinski definition) is 1. The van der Waals surface area contributed by atoms with Crippen molar-refractivity contribution in [2.24, 2.45) is 0 Å². The fourth-order valence-electron chi connectivity index (χ4n) is 3.63. The molecule has 0 aromatic heterocycles. The average Bonchev–Trinajstić information content (AvgIpc) is 2.73. The summed E-state index contributed by atoms with van der Waals surface area (Å²) in [5.41, 5.74) is 6.30. The molecule has 0 spiro atoms. The molecule has 0 amide bonds. The van der Waals surface area contributed by atoms with Crippen LogP contribution in [0.2, 0.25) is 0 Å². The lowest BCUT2D eigenvalue weighted by molar-refractivity contribution is 0.773. The first-order chi connectivity index (χ1) is 13.2. The van der Waals surface area contributed by atoms with E-state index in [9.17, 15) is 0 Å². The number of aryl methyl sites for hydroxylation is 2. The average molecular weight is 373 g/mol. The number of hydrogen-bond donors (Lipinski definition) is 0. The SMILES string of the molecule is Cc1ccc(CN(C(=S)N2CCCc3ccccc32)c2ccccc2)cc1. The van der Waals surface area contributed by atoms with E-state index in [0.29, 0.717) is 0 Å². The molecule has 4 rings (SSSR count). The number of anilines is 2. The van der Waals surface area contributed by atoms with E-state index in [2.05, 4.69) is 89.5 Å². The van der Waals surface area contributed by atoms with E-state index in [1.54, 1.807) is 0 Å². The van der Waals surface area contributed by atoms with Crippen LogP contribution in [0.25, 0.3) is 0 Å². The molecule has 0 saturated carbocycles. The molecule has 0 bridgehead atoms. The Morgan fingerprint density at radius 2 is 1.63 bits per heavy atom. The van der Waals surface area contributed by atoms with Crippen molar-refractivity contribution in [1.29, 1.82) is 0 Å². The summed E-state index contributed by atoms with van der Waals surface area (Å²) in [5, 5.41) is 0.869. The number of fused-ring (bicyclic) bond motifs is 1. The monoisotopic (exact) mass is 372 g/mol. The zero-order valence-corrected chi connectivity index (χ0v) is 16.5. The van der Waals surface area contributed by atoms with Gasteiger partial charge in [0.15, 0.2) is 5.11 Å². The summed E-state index contributed by atoms with van der Waals surface area (Å²) in [6.07, 6.45) is 2.25. The van der Waals surface area contributed by atoms with Crippen molar-refractivity contribution in [2.45, 2.75) is 26.3 Å². The standard InChI is InChI=1S/C24H24N2S/c1-19-13-15-20(16-14-19)18-26(22-10-3-2-4-11-22)24(27)25-17-7-9-21-8-5-6-12-23(21)25/h2-6,8,10-16H,7,9,17-18H2,1H3. The fourth-order valence-corrected chi connectivity index (χ4v) is 3.99. The van der Waals surface area contributed by atoms with E-state index in [0.717, 1.165) is 36.7 Å². The summed E-state index contributed by atoms with van der Waals surface area (Å²) in [4.78, 5) is 4.55. The van der Waals surface area contributed by atoms with Gasteiger partial charge in [-0.15, -0.1) is 0 Å². The normalized spacial score (nSPS) is 13.1. The predicted octanol–water partition coefficient (Wildman–Crippen LogP) is 5.74. The summed E-state index contributed by atoms with van der Waals surface area (Å²) < 4.78 is 0. The topological polar surface area (TPSA) is 6.48 Å². The first-order valence-corrected chi connectivity index (χ1v) is 9.91. The van der Waals surface area contributed by atoms with Gasteiger partial charge in [0.2, 0.25) is 0 Å². The maximum atomic E-state index is 6.03. The molecule has 0 N–H and O–H groups in total. The van der Waals surface area contributed by atoms with E-state index in [1.807, 2.05) is 6.07 Å². The van der Waals surface area contributed by atoms with E-state index in [4.69, 9.17) is 12.2 Å². The van der Waals surface area contributed by atoms with Gasteiger partial charge in [0, 0.05) is 17.9 Å². The lowest BCUT2D eigenvalue weighted by Crippen LogP contribution is -2.45. The highest BCUT2D eigenvalue weighted by Gasteiger charge is 2.24. The Morgan fingerprint density at radius 3 is 2.41 bits per heavy atom. The van der Waals surface area contributed by atoms with Gasteiger partial charge in [-0.2, -0.15) is 0 Å². The molecule has 3 aromatic rings. The van der Waals surface area contributed by atoms with Crippen molar-refractivity contribution in [3.8, 4) is 0 Å². The molecule has 0 aliphatic carbocycles. The number of para-hydroxylation sites is 2. The molecule has 0 fully saturated rings. The van der Waals surface area contributed by atoms with E-state index < -0.39 is 0 Å².